The number of hydrogen-bond acceptors (Lipinski definition) is 2. The first kappa shape index (κ1) is 10.6. The molecule has 1 aromatic carbocycles. The van der Waals surface area contributed by atoms with Gasteiger partial charge in [-0.3, -0.25) is 14.9 Å². The fraction of sp³-hybridized carbons (Fsp3) is 0.231. The monoisotopic (exact) mass is 215 g/mol. The SMILES string of the molecule is CC(=C1CC(=O)NC1=O)c1ccccc1C. The van der Waals surface area contributed by atoms with Crippen LogP contribution in [0.1, 0.15) is 24.5 Å². The van der Waals surface area contributed by atoms with Crippen LogP contribution in [0, 0.1) is 6.92 Å². The minimum atomic E-state index is -0.259. The van der Waals surface area contributed by atoms with Gasteiger partial charge in [0, 0.05) is 5.57 Å². The number of imide groups is 1. The second-order valence-corrected chi connectivity index (χ2v) is 3.97. The fourth-order valence-electron chi connectivity index (χ4n) is 1.95. The lowest BCUT2D eigenvalue weighted by atomic mass is 9.96. The summed E-state index contributed by atoms with van der Waals surface area (Å²) in [4.78, 5) is 22.6. The van der Waals surface area contributed by atoms with Crippen LogP contribution in [0.25, 0.3) is 5.57 Å². The Morgan fingerprint density at radius 3 is 2.50 bits per heavy atom. The van der Waals surface area contributed by atoms with Crippen LogP contribution < -0.4 is 5.32 Å². The maximum Gasteiger partial charge on any atom is 0.254 e. The maximum absolute atomic E-state index is 11.5. The van der Waals surface area contributed by atoms with E-state index in [1.807, 2.05) is 38.1 Å². The van der Waals surface area contributed by atoms with Gasteiger partial charge in [-0.15, -0.1) is 0 Å². The van der Waals surface area contributed by atoms with E-state index in [1.165, 1.54) is 0 Å². The predicted octanol–water partition coefficient (Wildman–Crippen LogP) is 1.82. The van der Waals surface area contributed by atoms with E-state index in [1.54, 1.807) is 0 Å². The molecule has 1 N–H and O–H groups in total. The van der Waals surface area contributed by atoms with Crippen molar-refractivity contribution < 1.29 is 9.59 Å². The van der Waals surface area contributed by atoms with Crippen LogP contribution in [0.4, 0.5) is 0 Å². The summed E-state index contributed by atoms with van der Waals surface area (Å²) in [5.41, 5.74) is 3.61. The fourth-order valence-corrected chi connectivity index (χ4v) is 1.95. The van der Waals surface area contributed by atoms with E-state index < -0.39 is 0 Å². The first-order valence-corrected chi connectivity index (χ1v) is 5.19. The zero-order valence-corrected chi connectivity index (χ0v) is 9.33. The lowest BCUT2D eigenvalue weighted by Crippen LogP contribution is -2.19. The van der Waals surface area contributed by atoms with Crippen LogP contribution >= 0.6 is 0 Å². The molecule has 0 spiro atoms. The van der Waals surface area contributed by atoms with Crippen molar-refractivity contribution in [3.63, 3.8) is 0 Å². The Morgan fingerprint density at radius 1 is 1.25 bits per heavy atom. The van der Waals surface area contributed by atoms with Gasteiger partial charge in [-0.2, -0.15) is 0 Å². The molecule has 3 nitrogen and oxygen atoms in total. The summed E-state index contributed by atoms with van der Waals surface area (Å²) in [6, 6.07) is 7.85. The summed E-state index contributed by atoms with van der Waals surface area (Å²) in [6.45, 7) is 3.88. The Labute approximate surface area is 94.2 Å². The van der Waals surface area contributed by atoms with Crippen LogP contribution in [0.15, 0.2) is 29.8 Å². The van der Waals surface area contributed by atoms with Gasteiger partial charge in [0.2, 0.25) is 5.91 Å². The molecule has 1 heterocycles. The number of allylic oxidation sites excluding steroid dienone is 1. The lowest BCUT2D eigenvalue weighted by molar-refractivity contribution is -0.124. The molecule has 1 fully saturated rings. The number of carbonyl (C=O) groups excluding carboxylic acids is 2. The van der Waals surface area contributed by atoms with Gasteiger partial charge < -0.3 is 0 Å². The number of rotatable bonds is 1. The van der Waals surface area contributed by atoms with Gasteiger partial charge in [0.15, 0.2) is 0 Å². The van der Waals surface area contributed by atoms with Gasteiger partial charge in [-0.1, -0.05) is 24.3 Å². The molecule has 0 atom stereocenters. The number of benzene rings is 1. The Balaban J connectivity index is 2.49. The van der Waals surface area contributed by atoms with Gasteiger partial charge in [-0.25, -0.2) is 0 Å². The molecule has 1 aliphatic rings. The van der Waals surface area contributed by atoms with Crippen LogP contribution in [-0.4, -0.2) is 11.8 Å². The highest BCUT2D eigenvalue weighted by Crippen LogP contribution is 2.25. The molecular formula is C13H13NO2. The van der Waals surface area contributed by atoms with E-state index in [4.69, 9.17) is 0 Å². The molecule has 82 valence electrons. The average Bonchev–Trinajstić information content (AvgIpc) is 2.58. The first-order valence-electron chi connectivity index (χ1n) is 5.19. The van der Waals surface area contributed by atoms with Crippen molar-refractivity contribution in [2.24, 2.45) is 0 Å². The molecular weight excluding hydrogens is 202 g/mol. The Bertz CT molecular complexity index is 500. The Kier molecular flexibility index (Phi) is 2.60. The van der Waals surface area contributed by atoms with Gasteiger partial charge in [0.1, 0.15) is 0 Å². The van der Waals surface area contributed by atoms with Gasteiger partial charge in [-0.05, 0) is 30.5 Å². The van der Waals surface area contributed by atoms with Crippen molar-refractivity contribution in [3.8, 4) is 0 Å². The van der Waals surface area contributed by atoms with Crippen molar-refractivity contribution in [2.45, 2.75) is 20.3 Å². The summed E-state index contributed by atoms with van der Waals surface area (Å²) >= 11 is 0. The Morgan fingerprint density at radius 2 is 1.94 bits per heavy atom. The smallest absolute Gasteiger partial charge is 0.254 e. The molecule has 1 saturated heterocycles. The van der Waals surface area contributed by atoms with E-state index in [-0.39, 0.29) is 18.2 Å². The molecule has 0 saturated carbocycles. The van der Waals surface area contributed by atoms with Gasteiger partial charge in [0.25, 0.3) is 5.91 Å². The molecule has 0 bridgehead atoms. The van der Waals surface area contributed by atoms with Crippen LogP contribution in [0.5, 0.6) is 0 Å². The summed E-state index contributed by atoms with van der Waals surface area (Å²) < 4.78 is 0. The maximum atomic E-state index is 11.5. The topological polar surface area (TPSA) is 46.2 Å². The highest BCUT2D eigenvalue weighted by Gasteiger charge is 2.26. The second kappa shape index (κ2) is 3.93. The number of amides is 2. The van der Waals surface area contributed by atoms with Gasteiger partial charge in [0.05, 0.1) is 6.42 Å². The minimum absolute atomic E-state index is 0.193. The number of nitrogens with one attached hydrogen (secondary N) is 1. The first-order chi connectivity index (χ1) is 7.59. The van der Waals surface area contributed by atoms with Crippen LogP contribution in [0.2, 0.25) is 0 Å². The molecule has 16 heavy (non-hydrogen) atoms. The summed E-state index contributed by atoms with van der Waals surface area (Å²) in [7, 11) is 0. The van der Waals surface area contributed by atoms with Crippen molar-refractivity contribution in [2.75, 3.05) is 0 Å². The zero-order valence-electron chi connectivity index (χ0n) is 9.33. The zero-order chi connectivity index (χ0) is 11.7. The average molecular weight is 215 g/mol. The van der Waals surface area contributed by atoms with E-state index in [2.05, 4.69) is 5.32 Å². The molecule has 1 aliphatic heterocycles. The van der Waals surface area contributed by atoms with Crippen LogP contribution in [-0.2, 0) is 9.59 Å². The van der Waals surface area contributed by atoms with Crippen LogP contribution in [0.3, 0.4) is 0 Å². The number of carbonyl (C=O) groups is 2. The van der Waals surface area contributed by atoms with E-state index in [0.717, 1.165) is 16.7 Å². The van der Waals surface area contributed by atoms with E-state index >= 15 is 0 Å². The van der Waals surface area contributed by atoms with E-state index in [0.29, 0.717) is 5.57 Å². The van der Waals surface area contributed by atoms with Crippen molar-refractivity contribution in [1.82, 2.24) is 5.32 Å². The molecule has 0 aliphatic carbocycles. The second-order valence-electron chi connectivity index (χ2n) is 3.97. The summed E-state index contributed by atoms with van der Waals surface area (Å²) in [6.07, 6.45) is 0.193. The van der Waals surface area contributed by atoms with Gasteiger partial charge >= 0.3 is 0 Å². The van der Waals surface area contributed by atoms with E-state index in [9.17, 15) is 9.59 Å². The van der Waals surface area contributed by atoms with Crippen molar-refractivity contribution in [1.29, 1.82) is 0 Å². The highest BCUT2D eigenvalue weighted by atomic mass is 16.2. The van der Waals surface area contributed by atoms with Crippen molar-refractivity contribution in [3.05, 3.63) is 41.0 Å². The third-order valence-electron chi connectivity index (χ3n) is 2.87. The molecule has 0 radical (unpaired) electrons. The normalized spacial score (nSPS) is 18.6. The third kappa shape index (κ3) is 1.76. The minimum Gasteiger partial charge on any atom is -0.292 e. The Hall–Kier alpha value is -1.90. The molecule has 0 aromatic heterocycles. The molecule has 2 rings (SSSR count). The lowest BCUT2D eigenvalue weighted by Gasteiger charge is -2.07. The summed E-state index contributed by atoms with van der Waals surface area (Å²) in [5.74, 6) is -0.473. The predicted molar refractivity (Wildman–Crippen MR) is 61.5 cm³/mol. The third-order valence-corrected chi connectivity index (χ3v) is 2.87. The standard InChI is InChI=1S/C13H13NO2/c1-8-5-3-4-6-10(8)9(2)11-7-12(15)14-13(11)16/h3-6H,7H2,1-2H3,(H,14,15,16). The quantitative estimate of drug-likeness (QED) is 0.573. The molecule has 2 amide bonds. The number of hydrogen-bond donors (Lipinski definition) is 1. The van der Waals surface area contributed by atoms with Crippen molar-refractivity contribution >= 4 is 17.4 Å². The number of aryl methyl sites for hydroxylation is 1. The summed E-state index contributed by atoms with van der Waals surface area (Å²) in [5, 5.41) is 2.30. The molecule has 1 aromatic rings. The largest absolute Gasteiger partial charge is 0.292 e. The highest BCUT2D eigenvalue weighted by molar-refractivity contribution is 6.17. The molecule has 0 unspecified atom stereocenters. The molecule has 3 heteroatoms.